The van der Waals surface area contributed by atoms with Crippen LogP contribution in [0.3, 0.4) is 0 Å². The third kappa shape index (κ3) is 3.07. The summed E-state index contributed by atoms with van der Waals surface area (Å²) >= 11 is 0. The van der Waals surface area contributed by atoms with Crippen molar-refractivity contribution < 1.29 is 0 Å². The summed E-state index contributed by atoms with van der Waals surface area (Å²) in [7, 11) is 0. The molecule has 0 fully saturated rings. The van der Waals surface area contributed by atoms with Crippen LogP contribution in [0.5, 0.6) is 0 Å². The van der Waals surface area contributed by atoms with Gasteiger partial charge >= 0.3 is 0 Å². The second-order valence-electron chi connectivity index (χ2n) is 6.59. The second kappa shape index (κ2) is 6.55. The molecule has 1 aliphatic heterocycles. The fourth-order valence-electron chi connectivity index (χ4n) is 3.48. The summed E-state index contributed by atoms with van der Waals surface area (Å²) in [4.78, 5) is 11.2. The lowest BCUT2D eigenvalue weighted by molar-refractivity contribution is 0.749. The zero-order valence-corrected chi connectivity index (χ0v) is 14.6. The molecule has 4 rings (SSSR count). The minimum atomic E-state index is 0.400. The van der Waals surface area contributed by atoms with Crippen LogP contribution >= 0.6 is 0 Å². The standard InChI is InChI=1S/C21H22N4/c1-15-7-3-4-9-18(15)13-22-20-12-21(24-14-23-20)25-16(2)11-17-8-5-6-10-19(17)25/h3-10,12,14,16H,11,13H2,1-2H3,(H,22,23,24). The molecule has 126 valence electrons. The SMILES string of the molecule is Cc1ccccc1CNc1cc(N2c3ccccc3CC2C)ncn1. The Kier molecular flexibility index (Phi) is 4.10. The maximum Gasteiger partial charge on any atom is 0.138 e. The van der Waals surface area contributed by atoms with Gasteiger partial charge in [-0.25, -0.2) is 9.97 Å². The van der Waals surface area contributed by atoms with Crippen molar-refractivity contribution in [2.75, 3.05) is 10.2 Å². The summed E-state index contributed by atoms with van der Waals surface area (Å²) in [5.41, 5.74) is 5.19. The van der Waals surface area contributed by atoms with Gasteiger partial charge in [0.1, 0.15) is 18.0 Å². The van der Waals surface area contributed by atoms with Crippen molar-refractivity contribution >= 4 is 17.3 Å². The van der Waals surface area contributed by atoms with Crippen LogP contribution in [0.2, 0.25) is 0 Å². The summed E-state index contributed by atoms with van der Waals surface area (Å²) in [6.07, 6.45) is 2.69. The number of anilines is 3. The van der Waals surface area contributed by atoms with E-state index in [4.69, 9.17) is 0 Å². The zero-order chi connectivity index (χ0) is 17.2. The molecule has 1 atom stereocenters. The Hall–Kier alpha value is -2.88. The number of benzene rings is 2. The molecule has 0 amide bonds. The van der Waals surface area contributed by atoms with Crippen LogP contribution in [-0.2, 0) is 13.0 Å². The molecular formula is C21H22N4. The van der Waals surface area contributed by atoms with Crippen molar-refractivity contribution in [2.24, 2.45) is 0 Å². The molecule has 0 saturated carbocycles. The summed E-state index contributed by atoms with van der Waals surface area (Å²) in [6, 6.07) is 19.4. The van der Waals surface area contributed by atoms with Gasteiger partial charge < -0.3 is 10.2 Å². The molecule has 0 radical (unpaired) electrons. The predicted octanol–water partition coefficient (Wildman–Crippen LogP) is 4.48. The Morgan fingerprint density at radius 3 is 2.76 bits per heavy atom. The number of aromatic nitrogens is 2. The smallest absolute Gasteiger partial charge is 0.138 e. The first-order valence-corrected chi connectivity index (χ1v) is 8.70. The third-order valence-electron chi connectivity index (χ3n) is 4.83. The molecule has 1 aromatic heterocycles. The van der Waals surface area contributed by atoms with E-state index < -0.39 is 0 Å². The van der Waals surface area contributed by atoms with Gasteiger partial charge in [0.05, 0.1) is 0 Å². The Labute approximate surface area is 148 Å². The van der Waals surface area contributed by atoms with Crippen molar-refractivity contribution in [3.05, 3.63) is 77.6 Å². The Morgan fingerprint density at radius 2 is 1.88 bits per heavy atom. The minimum Gasteiger partial charge on any atom is -0.366 e. The molecule has 0 spiro atoms. The maximum absolute atomic E-state index is 4.52. The van der Waals surface area contributed by atoms with E-state index in [9.17, 15) is 0 Å². The van der Waals surface area contributed by atoms with Crippen LogP contribution in [0.25, 0.3) is 0 Å². The highest BCUT2D eigenvalue weighted by Crippen LogP contribution is 2.37. The van der Waals surface area contributed by atoms with Crippen molar-refractivity contribution in [1.29, 1.82) is 0 Å². The van der Waals surface area contributed by atoms with Gasteiger partial charge in [-0.2, -0.15) is 0 Å². The Bertz CT molecular complexity index is 890. The molecule has 1 unspecified atom stereocenters. The normalized spacial score (nSPS) is 15.9. The highest BCUT2D eigenvalue weighted by atomic mass is 15.2. The number of nitrogens with one attached hydrogen (secondary N) is 1. The van der Waals surface area contributed by atoms with Gasteiger partial charge in [0.25, 0.3) is 0 Å². The molecule has 1 N–H and O–H groups in total. The van der Waals surface area contributed by atoms with Crippen LogP contribution in [0.15, 0.2) is 60.9 Å². The van der Waals surface area contributed by atoms with Crippen LogP contribution in [0, 0.1) is 6.92 Å². The number of hydrogen-bond donors (Lipinski definition) is 1. The molecule has 4 nitrogen and oxygen atoms in total. The van der Waals surface area contributed by atoms with Crippen LogP contribution < -0.4 is 10.2 Å². The van der Waals surface area contributed by atoms with Crippen molar-refractivity contribution in [3.63, 3.8) is 0 Å². The zero-order valence-electron chi connectivity index (χ0n) is 14.6. The van der Waals surface area contributed by atoms with Crippen molar-refractivity contribution in [1.82, 2.24) is 9.97 Å². The van der Waals surface area contributed by atoms with Crippen molar-refractivity contribution in [3.8, 4) is 0 Å². The van der Waals surface area contributed by atoms with Gasteiger partial charge in [0.2, 0.25) is 0 Å². The molecule has 0 aliphatic carbocycles. The minimum absolute atomic E-state index is 0.400. The number of hydrogen-bond acceptors (Lipinski definition) is 4. The van der Waals surface area contributed by atoms with Gasteiger partial charge in [0.15, 0.2) is 0 Å². The van der Waals surface area contributed by atoms with E-state index in [1.807, 2.05) is 6.07 Å². The van der Waals surface area contributed by atoms with Gasteiger partial charge in [-0.15, -0.1) is 0 Å². The van der Waals surface area contributed by atoms with E-state index in [0.29, 0.717) is 6.04 Å². The lowest BCUT2D eigenvalue weighted by Gasteiger charge is -2.24. The molecule has 3 aromatic rings. The maximum atomic E-state index is 4.52. The highest BCUT2D eigenvalue weighted by Gasteiger charge is 2.27. The molecule has 2 aromatic carbocycles. The molecule has 0 saturated heterocycles. The monoisotopic (exact) mass is 330 g/mol. The summed E-state index contributed by atoms with van der Waals surface area (Å²) < 4.78 is 0. The lowest BCUT2D eigenvalue weighted by Crippen LogP contribution is -2.25. The third-order valence-corrected chi connectivity index (χ3v) is 4.83. The summed E-state index contributed by atoms with van der Waals surface area (Å²) in [5, 5.41) is 3.43. The first kappa shape index (κ1) is 15.6. The molecule has 4 heteroatoms. The quantitative estimate of drug-likeness (QED) is 0.766. The fraction of sp³-hybridized carbons (Fsp3) is 0.238. The highest BCUT2D eigenvalue weighted by molar-refractivity contribution is 5.70. The topological polar surface area (TPSA) is 41.0 Å². The molecule has 25 heavy (non-hydrogen) atoms. The van der Waals surface area contributed by atoms with Gasteiger partial charge in [-0.3, -0.25) is 0 Å². The first-order chi connectivity index (χ1) is 12.2. The second-order valence-corrected chi connectivity index (χ2v) is 6.59. The first-order valence-electron chi connectivity index (χ1n) is 8.70. The number of nitrogens with zero attached hydrogens (tertiary/aromatic N) is 3. The van der Waals surface area contributed by atoms with E-state index in [-0.39, 0.29) is 0 Å². The summed E-state index contributed by atoms with van der Waals surface area (Å²) in [6.45, 7) is 5.13. The van der Waals surface area contributed by atoms with E-state index >= 15 is 0 Å². The number of aryl methyl sites for hydroxylation is 1. The fourth-order valence-corrected chi connectivity index (χ4v) is 3.48. The van der Waals surface area contributed by atoms with Gasteiger partial charge in [-0.1, -0.05) is 42.5 Å². The van der Waals surface area contributed by atoms with Gasteiger partial charge in [-0.05, 0) is 43.0 Å². The van der Waals surface area contributed by atoms with E-state index in [0.717, 1.165) is 24.6 Å². The molecule has 2 heterocycles. The van der Waals surface area contributed by atoms with E-state index in [1.54, 1.807) is 6.33 Å². The van der Waals surface area contributed by atoms with Crippen LogP contribution in [-0.4, -0.2) is 16.0 Å². The Morgan fingerprint density at radius 1 is 1.08 bits per heavy atom. The lowest BCUT2D eigenvalue weighted by atomic mass is 10.1. The molecule has 1 aliphatic rings. The molecular weight excluding hydrogens is 308 g/mol. The van der Waals surface area contributed by atoms with E-state index in [2.05, 4.69) is 82.6 Å². The Balaban J connectivity index is 1.57. The average Bonchev–Trinajstić information content (AvgIpc) is 2.97. The van der Waals surface area contributed by atoms with Crippen molar-refractivity contribution in [2.45, 2.75) is 32.9 Å². The number of para-hydroxylation sites is 1. The van der Waals surface area contributed by atoms with Crippen LogP contribution in [0.1, 0.15) is 23.6 Å². The number of fused-ring (bicyclic) bond motifs is 1. The number of rotatable bonds is 4. The average molecular weight is 330 g/mol. The predicted molar refractivity (Wildman–Crippen MR) is 102 cm³/mol. The van der Waals surface area contributed by atoms with E-state index in [1.165, 1.54) is 22.4 Å². The largest absolute Gasteiger partial charge is 0.366 e. The van der Waals surface area contributed by atoms with Crippen LogP contribution in [0.4, 0.5) is 17.3 Å². The molecule has 0 bridgehead atoms. The van der Waals surface area contributed by atoms with Gasteiger partial charge in [0, 0.05) is 24.3 Å². The summed E-state index contributed by atoms with van der Waals surface area (Å²) in [5.74, 6) is 1.80.